The topological polar surface area (TPSA) is 109 Å². The number of nitrogens with one attached hydrogen (secondary N) is 1. The monoisotopic (exact) mass is 466 g/mol. The van der Waals surface area contributed by atoms with Crippen LogP contribution in [0.5, 0.6) is 0 Å². The molecule has 0 spiro atoms. The molecule has 1 aromatic carbocycles. The van der Waals surface area contributed by atoms with Gasteiger partial charge in [-0.2, -0.15) is 4.31 Å². The molecule has 1 aliphatic heterocycles. The summed E-state index contributed by atoms with van der Waals surface area (Å²) in [6, 6.07) is 6.79. The summed E-state index contributed by atoms with van der Waals surface area (Å²) in [7, 11) is -3.54. The molecule has 9 nitrogen and oxygen atoms in total. The Morgan fingerprint density at radius 1 is 1.13 bits per heavy atom. The number of anilines is 1. The highest BCUT2D eigenvalue weighted by Gasteiger charge is 2.29. The number of piperazine rings is 1. The summed E-state index contributed by atoms with van der Waals surface area (Å²) in [4.78, 5) is 31.0. The molecule has 0 atom stereocenters. The number of aryl methyl sites for hydroxylation is 2. The molecule has 0 radical (unpaired) electrons. The minimum Gasteiger partial charge on any atom is -0.462 e. The van der Waals surface area contributed by atoms with Gasteiger partial charge in [0.25, 0.3) is 0 Å². The lowest BCUT2D eigenvalue weighted by molar-refractivity contribution is -0.117. The SMILES string of the molecule is CCOC(=O)c1sc(NC(=O)CN2CCN(S(=O)(=O)c3ccc(C)cc3)CC2)nc1C. The summed E-state index contributed by atoms with van der Waals surface area (Å²) in [5.74, 6) is -0.720. The van der Waals surface area contributed by atoms with Crippen LogP contribution < -0.4 is 5.32 Å². The normalized spacial score (nSPS) is 15.6. The Balaban J connectivity index is 1.53. The van der Waals surface area contributed by atoms with Crippen molar-refractivity contribution in [2.24, 2.45) is 0 Å². The van der Waals surface area contributed by atoms with E-state index in [-0.39, 0.29) is 24.0 Å². The first kappa shape index (κ1) is 23.3. The van der Waals surface area contributed by atoms with Crippen molar-refractivity contribution >= 4 is 38.4 Å². The van der Waals surface area contributed by atoms with E-state index in [4.69, 9.17) is 4.74 Å². The summed E-state index contributed by atoms with van der Waals surface area (Å²) in [6.45, 7) is 7.22. The van der Waals surface area contributed by atoms with Crippen molar-refractivity contribution in [3.8, 4) is 0 Å². The number of hydrogen-bond donors (Lipinski definition) is 1. The van der Waals surface area contributed by atoms with Crippen molar-refractivity contribution in [2.75, 3.05) is 44.6 Å². The van der Waals surface area contributed by atoms with E-state index in [0.717, 1.165) is 16.9 Å². The van der Waals surface area contributed by atoms with E-state index in [0.29, 0.717) is 41.9 Å². The summed E-state index contributed by atoms with van der Waals surface area (Å²) in [5.41, 5.74) is 1.51. The molecule has 0 saturated carbocycles. The van der Waals surface area contributed by atoms with E-state index >= 15 is 0 Å². The molecular weight excluding hydrogens is 440 g/mol. The first-order valence-corrected chi connectivity index (χ1v) is 12.2. The number of ether oxygens (including phenoxy) is 1. The number of rotatable bonds is 7. The average Bonchev–Trinajstić information content (AvgIpc) is 3.09. The summed E-state index contributed by atoms with van der Waals surface area (Å²) >= 11 is 1.08. The number of amides is 1. The predicted octanol–water partition coefficient (Wildman–Crippen LogP) is 1.88. The van der Waals surface area contributed by atoms with Crippen LogP contribution in [0.1, 0.15) is 27.9 Å². The molecule has 0 bridgehead atoms. The van der Waals surface area contributed by atoms with Crippen LogP contribution in [0.15, 0.2) is 29.2 Å². The third-order valence-corrected chi connectivity index (χ3v) is 7.83. The van der Waals surface area contributed by atoms with Gasteiger partial charge in [-0.1, -0.05) is 29.0 Å². The molecule has 0 unspecified atom stereocenters. The Bertz CT molecular complexity index is 1040. The molecule has 168 valence electrons. The third-order valence-electron chi connectivity index (χ3n) is 4.86. The van der Waals surface area contributed by atoms with Gasteiger partial charge in [0, 0.05) is 26.2 Å². The highest BCUT2D eigenvalue weighted by Crippen LogP contribution is 2.23. The predicted molar refractivity (Wildman–Crippen MR) is 118 cm³/mol. The van der Waals surface area contributed by atoms with Crippen molar-refractivity contribution < 1.29 is 22.7 Å². The lowest BCUT2D eigenvalue weighted by atomic mass is 10.2. The zero-order valence-corrected chi connectivity index (χ0v) is 19.4. The summed E-state index contributed by atoms with van der Waals surface area (Å²) in [6.07, 6.45) is 0. The van der Waals surface area contributed by atoms with E-state index in [1.54, 1.807) is 38.1 Å². The first-order chi connectivity index (χ1) is 14.7. The molecule has 2 aromatic rings. The standard InChI is InChI=1S/C20H26N4O5S2/c1-4-29-19(26)18-15(3)21-20(30-18)22-17(25)13-23-9-11-24(12-10-23)31(27,28)16-7-5-14(2)6-8-16/h5-8H,4,9-13H2,1-3H3,(H,21,22,25). The van der Waals surface area contributed by atoms with Crippen LogP contribution in [0.2, 0.25) is 0 Å². The van der Waals surface area contributed by atoms with Gasteiger partial charge >= 0.3 is 5.97 Å². The van der Waals surface area contributed by atoms with Gasteiger partial charge in [-0.05, 0) is 32.9 Å². The maximum absolute atomic E-state index is 12.8. The Hall–Kier alpha value is -2.34. The fourth-order valence-corrected chi connectivity index (χ4v) is 5.48. The van der Waals surface area contributed by atoms with Crippen LogP contribution in [-0.4, -0.2) is 73.8 Å². The molecule has 1 aromatic heterocycles. The second kappa shape index (κ2) is 9.86. The Morgan fingerprint density at radius 2 is 1.77 bits per heavy atom. The average molecular weight is 467 g/mol. The van der Waals surface area contributed by atoms with E-state index in [9.17, 15) is 18.0 Å². The second-order valence-electron chi connectivity index (χ2n) is 7.20. The minimum absolute atomic E-state index is 0.117. The van der Waals surface area contributed by atoms with Gasteiger partial charge in [0.05, 0.1) is 23.7 Å². The number of carbonyl (C=O) groups is 2. The lowest BCUT2D eigenvalue weighted by Gasteiger charge is -2.33. The van der Waals surface area contributed by atoms with Crippen LogP contribution in [-0.2, 0) is 19.6 Å². The summed E-state index contributed by atoms with van der Waals surface area (Å²) in [5, 5.41) is 3.05. The number of sulfonamides is 1. The highest BCUT2D eigenvalue weighted by molar-refractivity contribution is 7.89. The largest absolute Gasteiger partial charge is 0.462 e. The second-order valence-corrected chi connectivity index (χ2v) is 10.1. The van der Waals surface area contributed by atoms with Gasteiger partial charge < -0.3 is 10.1 Å². The zero-order chi connectivity index (χ0) is 22.6. The molecule has 3 rings (SSSR count). The highest BCUT2D eigenvalue weighted by atomic mass is 32.2. The smallest absolute Gasteiger partial charge is 0.350 e. The van der Waals surface area contributed by atoms with Gasteiger partial charge in [-0.25, -0.2) is 18.2 Å². The number of hydrogen-bond acceptors (Lipinski definition) is 8. The van der Waals surface area contributed by atoms with Gasteiger partial charge in [0.15, 0.2) is 5.13 Å². The van der Waals surface area contributed by atoms with Gasteiger partial charge in [0.2, 0.25) is 15.9 Å². The molecule has 0 aliphatic carbocycles. The van der Waals surface area contributed by atoms with E-state index in [1.165, 1.54) is 4.31 Å². The maximum atomic E-state index is 12.8. The van der Waals surface area contributed by atoms with Gasteiger partial charge in [0.1, 0.15) is 4.88 Å². The van der Waals surface area contributed by atoms with Crippen molar-refractivity contribution in [3.05, 3.63) is 40.4 Å². The Labute approximate surface area is 186 Å². The van der Waals surface area contributed by atoms with E-state index in [2.05, 4.69) is 10.3 Å². The third kappa shape index (κ3) is 5.67. The van der Waals surface area contributed by atoms with Crippen molar-refractivity contribution in [3.63, 3.8) is 0 Å². The maximum Gasteiger partial charge on any atom is 0.350 e. The Morgan fingerprint density at radius 3 is 2.39 bits per heavy atom. The minimum atomic E-state index is -3.54. The number of nitrogens with zero attached hydrogens (tertiary/aromatic N) is 3. The molecule has 31 heavy (non-hydrogen) atoms. The molecular formula is C20H26N4O5S2. The van der Waals surface area contributed by atoms with Crippen LogP contribution in [0, 0.1) is 13.8 Å². The molecule has 1 aliphatic rings. The number of aromatic nitrogens is 1. The van der Waals surface area contributed by atoms with Crippen molar-refractivity contribution in [1.29, 1.82) is 0 Å². The fourth-order valence-electron chi connectivity index (χ4n) is 3.19. The van der Waals surface area contributed by atoms with Gasteiger partial charge in [-0.15, -0.1) is 0 Å². The fraction of sp³-hybridized carbons (Fsp3) is 0.450. The van der Waals surface area contributed by atoms with Crippen molar-refractivity contribution in [2.45, 2.75) is 25.7 Å². The van der Waals surface area contributed by atoms with Crippen LogP contribution in [0.4, 0.5) is 5.13 Å². The van der Waals surface area contributed by atoms with Gasteiger partial charge in [-0.3, -0.25) is 9.69 Å². The molecule has 2 heterocycles. The van der Waals surface area contributed by atoms with E-state index < -0.39 is 16.0 Å². The number of esters is 1. The van der Waals surface area contributed by atoms with Crippen LogP contribution >= 0.6 is 11.3 Å². The number of benzene rings is 1. The lowest BCUT2D eigenvalue weighted by Crippen LogP contribution is -2.50. The molecule has 1 amide bonds. The molecule has 1 N–H and O–H groups in total. The number of thiazole rings is 1. The molecule has 1 saturated heterocycles. The first-order valence-electron chi connectivity index (χ1n) is 9.94. The van der Waals surface area contributed by atoms with Crippen LogP contribution in [0.3, 0.4) is 0 Å². The summed E-state index contributed by atoms with van der Waals surface area (Å²) < 4.78 is 32.0. The molecule has 11 heteroatoms. The van der Waals surface area contributed by atoms with E-state index in [1.807, 2.05) is 11.8 Å². The molecule has 1 fully saturated rings. The Kier molecular flexibility index (Phi) is 7.42. The quantitative estimate of drug-likeness (QED) is 0.621. The van der Waals surface area contributed by atoms with Crippen LogP contribution in [0.25, 0.3) is 0 Å². The van der Waals surface area contributed by atoms with Crippen molar-refractivity contribution in [1.82, 2.24) is 14.2 Å². The zero-order valence-electron chi connectivity index (χ0n) is 17.8. The number of carbonyl (C=O) groups excluding carboxylic acids is 2.